The number of allylic oxidation sites excluding steroid dienone is 1. The number of esters is 1. The van der Waals surface area contributed by atoms with Gasteiger partial charge in [-0.05, 0) is 63.6 Å². The molecule has 1 aromatic heterocycles. The molecule has 8 nitrogen and oxygen atoms in total. The molecule has 3 aromatic rings. The Morgan fingerprint density at radius 1 is 1.11 bits per heavy atom. The molecule has 0 aliphatic carbocycles. The molecule has 0 radical (unpaired) electrons. The van der Waals surface area contributed by atoms with Gasteiger partial charge < -0.3 is 18.9 Å². The Balaban J connectivity index is 1.90. The molecule has 0 amide bonds. The van der Waals surface area contributed by atoms with Crippen LogP contribution < -0.4 is 29.1 Å². The Morgan fingerprint density at radius 3 is 2.43 bits per heavy atom. The van der Waals surface area contributed by atoms with E-state index in [9.17, 15) is 9.59 Å². The van der Waals surface area contributed by atoms with Crippen molar-refractivity contribution in [3.8, 4) is 17.2 Å². The van der Waals surface area contributed by atoms with Crippen molar-refractivity contribution in [2.75, 3.05) is 20.8 Å². The van der Waals surface area contributed by atoms with E-state index >= 15 is 0 Å². The normalized spacial score (nSPS) is 15.3. The van der Waals surface area contributed by atoms with Gasteiger partial charge in [0.25, 0.3) is 5.56 Å². The lowest BCUT2D eigenvalue weighted by atomic mass is 9.96. The number of methoxy groups -OCH3 is 2. The third-order valence-electron chi connectivity index (χ3n) is 5.81. The minimum absolute atomic E-state index is 0.0238. The molecule has 0 bridgehead atoms. The molecule has 1 aliphatic heterocycles. The van der Waals surface area contributed by atoms with Crippen molar-refractivity contribution in [3.63, 3.8) is 0 Å². The van der Waals surface area contributed by atoms with Gasteiger partial charge in [0.1, 0.15) is 17.2 Å². The number of hydrogen-bond donors (Lipinski definition) is 0. The summed E-state index contributed by atoms with van der Waals surface area (Å²) in [4.78, 5) is 32.0. The van der Waals surface area contributed by atoms with Crippen molar-refractivity contribution in [3.05, 3.63) is 84.5 Å². The van der Waals surface area contributed by atoms with Crippen LogP contribution >= 0.6 is 11.3 Å². The topological polar surface area (TPSA) is 88.4 Å². The fourth-order valence-electron chi connectivity index (χ4n) is 4.19. The van der Waals surface area contributed by atoms with Gasteiger partial charge in [0.05, 0.1) is 48.8 Å². The number of hydrogen-bond acceptors (Lipinski definition) is 8. The van der Waals surface area contributed by atoms with E-state index < -0.39 is 12.0 Å². The number of fused-ring (bicyclic) bond motifs is 1. The molecule has 4 rings (SSSR count). The van der Waals surface area contributed by atoms with Crippen LogP contribution in [0.4, 0.5) is 0 Å². The van der Waals surface area contributed by atoms with Crippen LogP contribution in [0.1, 0.15) is 44.9 Å². The molecular formula is C28H30N2O6S. The number of aromatic nitrogens is 1. The van der Waals surface area contributed by atoms with Crippen LogP contribution in [0.15, 0.2) is 63.5 Å². The molecule has 194 valence electrons. The summed E-state index contributed by atoms with van der Waals surface area (Å²) >= 11 is 1.26. The number of ether oxygens (including phenoxy) is 4. The van der Waals surface area contributed by atoms with E-state index in [1.807, 2.05) is 44.2 Å². The lowest BCUT2D eigenvalue weighted by Crippen LogP contribution is -2.39. The molecule has 9 heteroatoms. The number of benzene rings is 2. The summed E-state index contributed by atoms with van der Waals surface area (Å²) < 4.78 is 23.9. The highest BCUT2D eigenvalue weighted by Crippen LogP contribution is 2.32. The van der Waals surface area contributed by atoms with E-state index in [1.54, 1.807) is 50.8 Å². The minimum Gasteiger partial charge on any atom is -0.497 e. The van der Waals surface area contributed by atoms with Gasteiger partial charge >= 0.3 is 5.97 Å². The third-order valence-corrected chi connectivity index (χ3v) is 6.79. The maximum Gasteiger partial charge on any atom is 0.338 e. The molecule has 0 saturated carbocycles. The van der Waals surface area contributed by atoms with Crippen LogP contribution in [0.2, 0.25) is 0 Å². The number of nitrogens with zero attached hydrogens (tertiary/aromatic N) is 2. The van der Waals surface area contributed by atoms with Crippen molar-refractivity contribution in [2.24, 2.45) is 4.99 Å². The smallest absolute Gasteiger partial charge is 0.338 e. The SMILES string of the molecule is CCOC(=O)C1=C(C)N=c2s/c(=C\c3ccc(OC)cc3OC)c(=O)n2[C@@H]1c1ccc(OC(C)C)cc1. The molecule has 0 N–H and O–H groups in total. The van der Waals surface area contributed by atoms with Gasteiger partial charge in [0.15, 0.2) is 4.80 Å². The molecular weight excluding hydrogens is 492 g/mol. The standard InChI is InChI=1S/C28H30N2O6S/c1-7-35-27(32)24-17(4)29-28-30(25(24)18-8-11-20(12-9-18)36-16(2)3)26(31)23(37-28)14-19-10-13-21(33-5)15-22(19)34-6/h8-16,25H,7H2,1-6H3/b23-14-/t25-/m1/s1. The first-order valence-corrected chi connectivity index (χ1v) is 12.8. The quantitative estimate of drug-likeness (QED) is 0.420. The van der Waals surface area contributed by atoms with E-state index in [1.165, 1.54) is 11.3 Å². The van der Waals surface area contributed by atoms with E-state index in [4.69, 9.17) is 18.9 Å². The summed E-state index contributed by atoms with van der Waals surface area (Å²) in [5.74, 6) is 1.43. The summed E-state index contributed by atoms with van der Waals surface area (Å²) in [5.41, 5.74) is 2.06. The first-order valence-electron chi connectivity index (χ1n) is 12.0. The highest BCUT2D eigenvalue weighted by Gasteiger charge is 2.33. The Bertz CT molecular complexity index is 1520. The zero-order valence-corrected chi connectivity index (χ0v) is 22.5. The van der Waals surface area contributed by atoms with Gasteiger partial charge in [-0.15, -0.1) is 0 Å². The van der Waals surface area contributed by atoms with E-state index in [0.717, 1.165) is 11.1 Å². The molecule has 2 aromatic carbocycles. The molecule has 1 aliphatic rings. The van der Waals surface area contributed by atoms with Gasteiger partial charge in [-0.25, -0.2) is 9.79 Å². The zero-order valence-electron chi connectivity index (χ0n) is 21.7. The van der Waals surface area contributed by atoms with Crippen molar-refractivity contribution in [2.45, 2.75) is 39.8 Å². The maximum atomic E-state index is 13.8. The first kappa shape index (κ1) is 26.2. The van der Waals surface area contributed by atoms with Crippen LogP contribution in [-0.4, -0.2) is 37.5 Å². The van der Waals surface area contributed by atoms with Crippen molar-refractivity contribution in [1.29, 1.82) is 0 Å². The Labute approximate surface area is 219 Å². The van der Waals surface area contributed by atoms with E-state index in [-0.39, 0.29) is 18.3 Å². The largest absolute Gasteiger partial charge is 0.497 e. The second-order valence-electron chi connectivity index (χ2n) is 8.65. The molecule has 0 spiro atoms. The van der Waals surface area contributed by atoms with E-state index in [2.05, 4.69) is 4.99 Å². The highest BCUT2D eigenvalue weighted by molar-refractivity contribution is 7.07. The average Bonchev–Trinajstić information content (AvgIpc) is 3.18. The summed E-state index contributed by atoms with van der Waals surface area (Å²) in [7, 11) is 3.15. The maximum absolute atomic E-state index is 13.8. The summed E-state index contributed by atoms with van der Waals surface area (Å²) in [6, 6.07) is 12.1. The molecule has 0 fully saturated rings. The van der Waals surface area contributed by atoms with Crippen LogP contribution in [0.5, 0.6) is 17.2 Å². The van der Waals surface area contributed by atoms with Crippen molar-refractivity contribution in [1.82, 2.24) is 4.57 Å². The lowest BCUT2D eigenvalue weighted by molar-refractivity contribution is -0.139. The summed E-state index contributed by atoms with van der Waals surface area (Å²) in [5, 5.41) is 0. The lowest BCUT2D eigenvalue weighted by Gasteiger charge is -2.25. The third kappa shape index (κ3) is 5.32. The number of thiazole rings is 1. The Kier molecular flexibility index (Phi) is 7.83. The predicted molar refractivity (Wildman–Crippen MR) is 142 cm³/mol. The second kappa shape index (κ2) is 11.0. The van der Waals surface area contributed by atoms with Gasteiger partial charge in [-0.3, -0.25) is 9.36 Å². The summed E-state index contributed by atoms with van der Waals surface area (Å²) in [6.45, 7) is 7.63. The second-order valence-corrected chi connectivity index (χ2v) is 9.65. The van der Waals surface area contributed by atoms with Gasteiger partial charge in [0.2, 0.25) is 0 Å². The Hall–Kier alpha value is -3.85. The first-order chi connectivity index (χ1) is 17.8. The number of carbonyl (C=O) groups excluding carboxylic acids is 1. The highest BCUT2D eigenvalue weighted by atomic mass is 32.1. The van der Waals surface area contributed by atoms with Crippen molar-refractivity contribution < 1.29 is 23.7 Å². The zero-order chi connectivity index (χ0) is 26.7. The molecule has 37 heavy (non-hydrogen) atoms. The van der Waals surface area contributed by atoms with Crippen LogP contribution in [0.3, 0.4) is 0 Å². The molecule has 1 atom stereocenters. The Morgan fingerprint density at radius 2 is 1.81 bits per heavy atom. The fourth-order valence-corrected chi connectivity index (χ4v) is 5.22. The van der Waals surface area contributed by atoms with Gasteiger partial charge in [-0.2, -0.15) is 0 Å². The van der Waals surface area contributed by atoms with Gasteiger partial charge in [0, 0.05) is 11.6 Å². The number of carbonyl (C=O) groups is 1. The monoisotopic (exact) mass is 522 g/mol. The fraction of sp³-hybridized carbons (Fsp3) is 0.321. The molecule has 2 heterocycles. The predicted octanol–water partition coefficient (Wildman–Crippen LogP) is 3.60. The average molecular weight is 523 g/mol. The van der Waals surface area contributed by atoms with E-state index in [0.29, 0.717) is 37.9 Å². The van der Waals surface area contributed by atoms with Gasteiger partial charge in [-0.1, -0.05) is 23.5 Å². The van der Waals surface area contributed by atoms with Crippen molar-refractivity contribution >= 4 is 23.4 Å². The van der Waals surface area contributed by atoms with Crippen LogP contribution in [0.25, 0.3) is 6.08 Å². The number of rotatable bonds is 8. The minimum atomic E-state index is -0.691. The molecule has 0 saturated heterocycles. The molecule has 0 unspecified atom stereocenters. The van der Waals surface area contributed by atoms with Crippen LogP contribution in [0, 0.1) is 0 Å². The summed E-state index contributed by atoms with van der Waals surface area (Å²) in [6.07, 6.45) is 1.79. The van der Waals surface area contributed by atoms with Crippen LogP contribution in [-0.2, 0) is 9.53 Å².